The van der Waals surface area contributed by atoms with Gasteiger partial charge in [0.05, 0.1) is 6.61 Å². The lowest BCUT2D eigenvalue weighted by Crippen LogP contribution is -2.36. The van der Waals surface area contributed by atoms with Crippen molar-refractivity contribution >= 4 is 0 Å². The highest BCUT2D eigenvalue weighted by atomic mass is 16.5. The highest BCUT2D eigenvalue weighted by molar-refractivity contribution is 5.32. The van der Waals surface area contributed by atoms with Gasteiger partial charge in [0, 0.05) is 12.6 Å². The molecule has 1 aromatic carbocycles. The normalized spacial score (nSPS) is 28.1. The van der Waals surface area contributed by atoms with Crippen LogP contribution in [-0.4, -0.2) is 26.3 Å². The number of aryl methyl sites for hydroxylation is 1. The minimum atomic E-state index is 0.610. The topological polar surface area (TPSA) is 21.3 Å². The molecule has 3 rings (SSSR count). The van der Waals surface area contributed by atoms with Crippen molar-refractivity contribution in [2.45, 2.75) is 44.1 Å². The first kappa shape index (κ1) is 13.1. The number of hydrogen-bond acceptors (Lipinski definition) is 2. The number of nitrogens with one attached hydrogen (secondary N) is 1. The Hall–Kier alpha value is -0.860. The van der Waals surface area contributed by atoms with Crippen LogP contribution in [0.3, 0.4) is 0 Å². The maximum absolute atomic E-state index is 5.56. The lowest BCUT2D eigenvalue weighted by atomic mass is 9.77. The molecule has 2 aliphatic rings. The summed E-state index contributed by atoms with van der Waals surface area (Å²) in [5.41, 5.74) is 3.18. The van der Waals surface area contributed by atoms with Crippen LogP contribution >= 0.6 is 0 Å². The van der Waals surface area contributed by atoms with Crippen molar-refractivity contribution in [2.75, 3.05) is 20.3 Å². The molecule has 0 aromatic heterocycles. The van der Waals surface area contributed by atoms with Gasteiger partial charge in [-0.1, -0.05) is 24.3 Å². The van der Waals surface area contributed by atoms with Crippen LogP contribution in [0.15, 0.2) is 24.3 Å². The summed E-state index contributed by atoms with van der Waals surface area (Å²) in [6.07, 6.45) is 6.45. The summed E-state index contributed by atoms with van der Waals surface area (Å²) >= 11 is 0. The second-order valence-corrected chi connectivity index (χ2v) is 6.04. The molecule has 1 N–H and O–H groups in total. The summed E-state index contributed by atoms with van der Waals surface area (Å²) in [5, 5.41) is 3.54. The molecular formula is C17H25NO. The van der Waals surface area contributed by atoms with Gasteiger partial charge >= 0.3 is 0 Å². The van der Waals surface area contributed by atoms with E-state index in [1.807, 2.05) is 0 Å². The molecule has 1 aliphatic carbocycles. The zero-order valence-corrected chi connectivity index (χ0v) is 11.9. The van der Waals surface area contributed by atoms with Crippen LogP contribution in [0.1, 0.15) is 42.7 Å². The van der Waals surface area contributed by atoms with E-state index in [0.29, 0.717) is 12.0 Å². The third-order valence-electron chi connectivity index (χ3n) is 4.94. The van der Waals surface area contributed by atoms with Crippen molar-refractivity contribution in [1.82, 2.24) is 5.32 Å². The number of rotatable bonds is 4. The third kappa shape index (κ3) is 2.85. The Morgan fingerprint density at radius 1 is 1.32 bits per heavy atom. The first-order chi connectivity index (χ1) is 9.38. The van der Waals surface area contributed by atoms with E-state index in [1.165, 1.54) is 32.1 Å². The van der Waals surface area contributed by atoms with Gasteiger partial charge in [-0.2, -0.15) is 0 Å². The predicted octanol–water partition coefficient (Wildman–Crippen LogP) is 3.12. The van der Waals surface area contributed by atoms with E-state index in [9.17, 15) is 0 Å². The molecule has 3 unspecified atom stereocenters. The molecule has 2 heteroatoms. The molecule has 3 atom stereocenters. The number of benzene rings is 1. The Kier molecular flexibility index (Phi) is 4.19. The van der Waals surface area contributed by atoms with Gasteiger partial charge in [0.25, 0.3) is 0 Å². The van der Waals surface area contributed by atoms with Gasteiger partial charge in [0.15, 0.2) is 0 Å². The molecule has 1 aromatic rings. The summed E-state index contributed by atoms with van der Waals surface area (Å²) in [5.74, 6) is 1.45. The molecule has 1 aliphatic heterocycles. The molecule has 0 spiro atoms. The Balaban J connectivity index is 1.72. The summed E-state index contributed by atoms with van der Waals surface area (Å²) < 4.78 is 5.56. The molecule has 1 fully saturated rings. The van der Waals surface area contributed by atoms with Gasteiger partial charge in [-0.15, -0.1) is 0 Å². The average Bonchev–Trinajstić information content (AvgIpc) is 2.99. The highest BCUT2D eigenvalue weighted by Gasteiger charge is 2.29. The average molecular weight is 259 g/mol. The van der Waals surface area contributed by atoms with Crippen LogP contribution in [-0.2, 0) is 11.2 Å². The summed E-state index contributed by atoms with van der Waals surface area (Å²) in [6.45, 7) is 1.89. The Labute approximate surface area is 116 Å². The van der Waals surface area contributed by atoms with E-state index in [1.54, 1.807) is 11.1 Å². The van der Waals surface area contributed by atoms with Crippen molar-refractivity contribution in [3.8, 4) is 0 Å². The second-order valence-electron chi connectivity index (χ2n) is 6.04. The van der Waals surface area contributed by atoms with Crippen LogP contribution < -0.4 is 5.32 Å². The van der Waals surface area contributed by atoms with Crippen molar-refractivity contribution in [3.05, 3.63) is 35.4 Å². The van der Waals surface area contributed by atoms with Crippen LogP contribution in [0.2, 0.25) is 0 Å². The number of ether oxygens (including phenoxy) is 1. The molecule has 0 saturated carbocycles. The van der Waals surface area contributed by atoms with E-state index in [4.69, 9.17) is 4.74 Å². The van der Waals surface area contributed by atoms with Crippen molar-refractivity contribution in [3.63, 3.8) is 0 Å². The van der Waals surface area contributed by atoms with E-state index >= 15 is 0 Å². The largest absolute Gasteiger partial charge is 0.381 e. The number of fused-ring (bicyclic) bond motifs is 1. The standard InChI is InChI=1S/C17H25NO/c1-18-17(15-9-10-19-12-15)11-14-7-4-6-13-5-2-3-8-16(13)14/h2-3,5,8,14-15,17-18H,4,6-7,9-12H2,1H3. The quantitative estimate of drug-likeness (QED) is 0.897. The molecule has 104 valence electrons. The summed E-state index contributed by atoms with van der Waals surface area (Å²) in [4.78, 5) is 0. The molecule has 19 heavy (non-hydrogen) atoms. The molecular weight excluding hydrogens is 234 g/mol. The zero-order chi connectivity index (χ0) is 13.1. The maximum atomic E-state index is 5.56. The van der Waals surface area contributed by atoms with E-state index in [-0.39, 0.29) is 0 Å². The Bertz CT molecular complexity index is 411. The fourth-order valence-electron chi connectivity index (χ4n) is 3.82. The monoisotopic (exact) mass is 259 g/mol. The molecule has 0 bridgehead atoms. The third-order valence-corrected chi connectivity index (χ3v) is 4.94. The first-order valence-corrected chi connectivity index (χ1v) is 7.71. The van der Waals surface area contributed by atoms with Gasteiger partial charge in [-0.3, -0.25) is 0 Å². The summed E-state index contributed by atoms with van der Waals surface area (Å²) in [6, 6.07) is 9.65. The molecule has 1 heterocycles. The predicted molar refractivity (Wildman–Crippen MR) is 78.5 cm³/mol. The zero-order valence-electron chi connectivity index (χ0n) is 11.9. The summed E-state index contributed by atoms with van der Waals surface area (Å²) in [7, 11) is 2.11. The van der Waals surface area contributed by atoms with E-state index in [2.05, 4.69) is 36.6 Å². The molecule has 2 nitrogen and oxygen atoms in total. The van der Waals surface area contributed by atoms with Gasteiger partial charge in [-0.25, -0.2) is 0 Å². The second kappa shape index (κ2) is 6.06. The fourth-order valence-corrected chi connectivity index (χ4v) is 3.82. The van der Waals surface area contributed by atoms with Crippen molar-refractivity contribution < 1.29 is 4.74 Å². The molecule has 0 radical (unpaired) electrons. The lowest BCUT2D eigenvalue weighted by molar-refractivity contribution is 0.174. The minimum Gasteiger partial charge on any atom is -0.381 e. The smallest absolute Gasteiger partial charge is 0.0510 e. The SMILES string of the molecule is CNC(CC1CCCc2ccccc21)C1CCOC1. The Morgan fingerprint density at radius 2 is 2.21 bits per heavy atom. The van der Waals surface area contributed by atoms with Crippen molar-refractivity contribution in [1.29, 1.82) is 0 Å². The molecule has 0 amide bonds. The van der Waals surface area contributed by atoms with Gasteiger partial charge in [0.2, 0.25) is 0 Å². The van der Waals surface area contributed by atoms with Crippen molar-refractivity contribution in [2.24, 2.45) is 5.92 Å². The van der Waals surface area contributed by atoms with Crippen LogP contribution in [0.5, 0.6) is 0 Å². The highest BCUT2D eigenvalue weighted by Crippen LogP contribution is 2.36. The lowest BCUT2D eigenvalue weighted by Gasteiger charge is -2.31. The number of hydrogen-bond donors (Lipinski definition) is 1. The van der Waals surface area contributed by atoms with E-state index < -0.39 is 0 Å². The van der Waals surface area contributed by atoms with Crippen LogP contribution in [0.4, 0.5) is 0 Å². The fraction of sp³-hybridized carbons (Fsp3) is 0.647. The first-order valence-electron chi connectivity index (χ1n) is 7.71. The van der Waals surface area contributed by atoms with Crippen LogP contribution in [0.25, 0.3) is 0 Å². The van der Waals surface area contributed by atoms with Gasteiger partial charge < -0.3 is 10.1 Å². The Morgan fingerprint density at radius 3 is 3.00 bits per heavy atom. The minimum absolute atomic E-state index is 0.610. The molecule has 1 saturated heterocycles. The van der Waals surface area contributed by atoms with Crippen LogP contribution in [0, 0.1) is 5.92 Å². The maximum Gasteiger partial charge on any atom is 0.0510 e. The van der Waals surface area contributed by atoms with Gasteiger partial charge in [0.1, 0.15) is 0 Å². The van der Waals surface area contributed by atoms with E-state index in [0.717, 1.165) is 19.1 Å². The van der Waals surface area contributed by atoms with Gasteiger partial charge in [-0.05, 0) is 62.1 Å².